The second-order valence-corrected chi connectivity index (χ2v) is 8.05. The predicted octanol–water partition coefficient (Wildman–Crippen LogP) is 5.40. The van der Waals surface area contributed by atoms with E-state index in [1.165, 1.54) is 12.0 Å². The van der Waals surface area contributed by atoms with Crippen LogP contribution in [-0.4, -0.2) is 19.8 Å². The molecule has 0 unspecified atom stereocenters. The largest absolute Gasteiger partial charge is 0.496 e. The third-order valence-electron chi connectivity index (χ3n) is 6.04. The van der Waals surface area contributed by atoms with Gasteiger partial charge in [-0.25, -0.2) is 0 Å². The van der Waals surface area contributed by atoms with Crippen LogP contribution in [0.1, 0.15) is 42.2 Å². The van der Waals surface area contributed by atoms with Crippen LogP contribution in [0.3, 0.4) is 0 Å². The van der Waals surface area contributed by atoms with E-state index in [2.05, 4.69) is 11.4 Å². The number of benzene rings is 2. The lowest BCUT2D eigenvalue weighted by atomic mass is 9.93. The molecule has 0 saturated carbocycles. The third-order valence-corrected chi connectivity index (χ3v) is 6.04. The number of methoxy groups -OCH3 is 1. The summed E-state index contributed by atoms with van der Waals surface area (Å²) in [5.41, 5.74) is 5.54. The second-order valence-electron chi connectivity index (χ2n) is 8.05. The van der Waals surface area contributed by atoms with E-state index in [1.807, 2.05) is 13.8 Å². The molecule has 1 amide bonds. The summed E-state index contributed by atoms with van der Waals surface area (Å²) in [4.78, 5) is 12.7. The Bertz CT molecular complexity index is 1220. The van der Waals surface area contributed by atoms with E-state index in [0.29, 0.717) is 17.2 Å². The van der Waals surface area contributed by atoms with Gasteiger partial charge in [0.2, 0.25) is 12.7 Å². The monoisotopic (exact) mass is 419 g/mol. The van der Waals surface area contributed by atoms with Gasteiger partial charge < -0.3 is 23.9 Å². The first-order valence-electron chi connectivity index (χ1n) is 10.6. The van der Waals surface area contributed by atoms with Crippen molar-refractivity contribution in [2.45, 2.75) is 39.5 Å². The highest BCUT2D eigenvalue weighted by Gasteiger charge is 2.23. The molecule has 5 rings (SSSR count). The average Bonchev–Trinajstić information content (AvgIpc) is 3.37. The Morgan fingerprint density at radius 1 is 1.13 bits per heavy atom. The fraction of sp³-hybridized carbons (Fsp3) is 0.320. The number of furan rings is 1. The molecular weight excluding hydrogens is 394 g/mol. The number of aryl methyl sites for hydroxylation is 3. The molecule has 3 aromatic rings. The summed E-state index contributed by atoms with van der Waals surface area (Å²) >= 11 is 0. The Kier molecular flexibility index (Phi) is 4.85. The molecule has 1 N–H and O–H groups in total. The lowest BCUT2D eigenvalue weighted by Gasteiger charge is -2.13. The van der Waals surface area contributed by atoms with Crippen molar-refractivity contribution in [1.82, 2.24) is 0 Å². The maximum Gasteiger partial charge on any atom is 0.248 e. The molecule has 0 spiro atoms. The number of carbonyl (C=O) groups excluding carboxylic acids is 1. The number of nitrogens with one attached hydrogen (secondary N) is 1. The molecule has 0 fully saturated rings. The maximum atomic E-state index is 12.7. The van der Waals surface area contributed by atoms with E-state index in [1.54, 1.807) is 31.4 Å². The van der Waals surface area contributed by atoms with Gasteiger partial charge >= 0.3 is 0 Å². The molecule has 2 heterocycles. The first-order chi connectivity index (χ1) is 15.0. The van der Waals surface area contributed by atoms with E-state index in [0.717, 1.165) is 58.4 Å². The zero-order valence-corrected chi connectivity index (χ0v) is 18.0. The van der Waals surface area contributed by atoms with Crippen molar-refractivity contribution >= 4 is 28.1 Å². The summed E-state index contributed by atoms with van der Waals surface area (Å²) in [5, 5.41) is 4.03. The van der Waals surface area contributed by atoms with Crippen molar-refractivity contribution < 1.29 is 23.4 Å². The zero-order chi connectivity index (χ0) is 21.5. The fourth-order valence-electron chi connectivity index (χ4n) is 4.52. The molecule has 1 aliphatic carbocycles. The summed E-state index contributed by atoms with van der Waals surface area (Å²) in [6.07, 6.45) is 5.94. The highest BCUT2D eigenvalue weighted by molar-refractivity contribution is 6.05. The molecule has 1 aromatic heterocycles. The van der Waals surface area contributed by atoms with Crippen LogP contribution in [0.2, 0.25) is 0 Å². The second kappa shape index (κ2) is 7.69. The minimum Gasteiger partial charge on any atom is -0.496 e. The smallest absolute Gasteiger partial charge is 0.248 e. The predicted molar refractivity (Wildman–Crippen MR) is 119 cm³/mol. The number of rotatable bonds is 4. The van der Waals surface area contributed by atoms with E-state index >= 15 is 0 Å². The summed E-state index contributed by atoms with van der Waals surface area (Å²) in [6.45, 7) is 4.14. The number of anilines is 1. The Labute approximate surface area is 180 Å². The Morgan fingerprint density at radius 3 is 2.77 bits per heavy atom. The van der Waals surface area contributed by atoms with Crippen molar-refractivity contribution in [2.75, 3.05) is 19.2 Å². The van der Waals surface area contributed by atoms with Crippen molar-refractivity contribution in [2.24, 2.45) is 0 Å². The van der Waals surface area contributed by atoms with Crippen molar-refractivity contribution in [3.63, 3.8) is 0 Å². The summed E-state index contributed by atoms with van der Waals surface area (Å²) in [7, 11) is 1.65. The lowest BCUT2D eigenvalue weighted by molar-refractivity contribution is -0.111. The standard InChI is InChI=1S/C25H25NO5/c1-14(10-23(27)26-16-8-9-21-22(11-16)30-13-29-21)18-12-19-17-6-4-5-7-20(17)31-25(19)15(2)24(18)28-3/h8-12H,4-7,13H2,1-3H3,(H,26,27)/b14-10+. The summed E-state index contributed by atoms with van der Waals surface area (Å²) in [6, 6.07) is 7.45. The van der Waals surface area contributed by atoms with E-state index in [-0.39, 0.29) is 12.7 Å². The van der Waals surface area contributed by atoms with Crippen molar-refractivity contribution in [1.29, 1.82) is 0 Å². The first-order valence-corrected chi connectivity index (χ1v) is 10.6. The van der Waals surface area contributed by atoms with Crippen molar-refractivity contribution in [3.8, 4) is 17.2 Å². The van der Waals surface area contributed by atoms with Gasteiger partial charge in [-0.1, -0.05) is 0 Å². The average molecular weight is 419 g/mol. The summed E-state index contributed by atoms with van der Waals surface area (Å²) in [5.74, 6) is 2.92. The molecule has 0 saturated heterocycles. The van der Waals surface area contributed by atoms with E-state index < -0.39 is 0 Å². The Balaban J connectivity index is 1.48. The van der Waals surface area contributed by atoms with Crippen LogP contribution in [0.25, 0.3) is 16.5 Å². The molecule has 0 radical (unpaired) electrons. The maximum absolute atomic E-state index is 12.7. The van der Waals surface area contributed by atoms with Gasteiger partial charge in [-0.2, -0.15) is 0 Å². The highest BCUT2D eigenvalue weighted by atomic mass is 16.7. The SMILES string of the molecule is COc1c(/C(C)=C/C(=O)Nc2ccc3c(c2)OCO3)cc2c3c(oc2c1C)CCCC3. The van der Waals surface area contributed by atoms with Gasteiger partial charge in [-0.15, -0.1) is 0 Å². The molecule has 31 heavy (non-hydrogen) atoms. The van der Waals surface area contributed by atoms with Crippen LogP contribution in [0, 0.1) is 6.92 Å². The summed E-state index contributed by atoms with van der Waals surface area (Å²) < 4.78 is 22.6. The van der Waals surface area contributed by atoms with Gasteiger partial charge in [-0.05, 0) is 56.9 Å². The van der Waals surface area contributed by atoms with E-state index in [4.69, 9.17) is 18.6 Å². The topological polar surface area (TPSA) is 69.9 Å². The molecule has 0 bridgehead atoms. The normalized spacial score (nSPS) is 15.1. The number of carbonyl (C=O) groups is 1. The van der Waals surface area contributed by atoms with Gasteiger partial charge in [0.15, 0.2) is 11.5 Å². The lowest BCUT2D eigenvalue weighted by Crippen LogP contribution is -2.08. The van der Waals surface area contributed by atoms with Crippen LogP contribution >= 0.6 is 0 Å². The molecule has 6 nitrogen and oxygen atoms in total. The minimum atomic E-state index is -0.217. The Morgan fingerprint density at radius 2 is 1.94 bits per heavy atom. The van der Waals surface area contributed by atoms with Crippen LogP contribution in [0.4, 0.5) is 5.69 Å². The highest BCUT2D eigenvalue weighted by Crippen LogP contribution is 2.41. The quantitative estimate of drug-likeness (QED) is 0.574. The third kappa shape index (κ3) is 3.42. The van der Waals surface area contributed by atoms with Crippen LogP contribution in [0.5, 0.6) is 17.2 Å². The van der Waals surface area contributed by atoms with Gasteiger partial charge in [0.1, 0.15) is 17.1 Å². The number of allylic oxidation sites excluding steroid dienone is 1. The van der Waals surface area contributed by atoms with Gasteiger partial charge in [0.05, 0.1) is 7.11 Å². The Hall–Kier alpha value is -3.41. The molecule has 6 heteroatoms. The number of hydrogen-bond acceptors (Lipinski definition) is 5. The van der Waals surface area contributed by atoms with Gasteiger partial charge in [0.25, 0.3) is 0 Å². The van der Waals surface area contributed by atoms with Crippen molar-refractivity contribution in [3.05, 3.63) is 52.8 Å². The fourth-order valence-corrected chi connectivity index (χ4v) is 4.52. The molecule has 160 valence electrons. The number of fused-ring (bicyclic) bond motifs is 4. The number of amides is 1. The molecule has 0 atom stereocenters. The minimum absolute atomic E-state index is 0.199. The van der Waals surface area contributed by atoms with Crippen LogP contribution < -0.4 is 19.5 Å². The first kappa shape index (κ1) is 19.5. The van der Waals surface area contributed by atoms with E-state index in [9.17, 15) is 4.79 Å². The van der Waals surface area contributed by atoms with Gasteiger partial charge in [0, 0.05) is 46.3 Å². The molecular formula is C25H25NO5. The molecule has 1 aliphatic heterocycles. The van der Waals surface area contributed by atoms with Gasteiger partial charge in [-0.3, -0.25) is 4.79 Å². The van der Waals surface area contributed by atoms with Crippen LogP contribution in [-0.2, 0) is 17.6 Å². The molecule has 2 aromatic carbocycles. The number of hydrogen-bond donors (Lipinski definition) is 1. The van der Waals surface area contributed by atoms with Crippen LogP contribution in [0.15, 0.2) is 34.8 Å². The molecule has 2 aliphatic rings. The zero-order valence-electron chi connectivity index (χ0n) is 18.0. The number of ether oxygens (including phenoxy) is 3.